The lowest BCUT2D eigenvalue weighted by molar-refractivity contribution is -0.116. The molecule has 1 amide bonds. The maximum atomic E-state index is 10.5. The number of hydrogen-bond donors (Lipinski definition) is 1. The molecule has 0 aliphatic heterocycles. The van der Waals surface area contributed by atoms with Gasteiger partial charge in [-0.05, 0) is 6.26 Å². The van der Waals surface area contributed by atoms with E-state index >= 15 is 0 Å². The fourth-order valence-electron chi connectivity index (χ4n) is 0.232. The Morgan fingerprint density at radius 1 is 1.75 bits per heavy atom. The van der Waals surface area contributed by atoms with Gasteiger partial charge in [0.1, 0.15) is 0 Å². The van der Waals surface area contributed by atoms with E-state index in [1.165, 1.54) is 11.8 Å². The minimum absolute atomic E-state index is 0.0995. The Labute approximate surface area is 53.3 Å². The topological polar surface area (TPSA) is 29.1 Å². The zero-order chi connectivity index (χ0) is 6.57. The summed E-state index contributed by atoms with van der Waals surface area (Å²) in [5.41, 5.74) is 0. The molecule has 2 nitrogen and oxygen atoms in total. The molecule has 0 heterocycles. The van der Waals surface area contributed by atoms with Crippen LogP contribution >= 0.6 is 11.8 Å². The highest BCUT2D eigenvalue weighted by atomic mass is 32.2. The Kier molecular flexibility index (Phi) is 3.35. The van der Waals surface area contributed by atoms with Gasteiger partial charge in [0.05, 0.1) is 4.91 Å². The molecule has 46 valence electrons. The molecule has 0 saturated carbocycles. The molecule has 0 aromatic heterocycles. The normalized spacial score (nSPS) is 8.25. The van der Waals surface area contributed by atoms with Crippen LogP contribution in [0.1, 0.15) is 0 Å². The first-order valence-corrected chi connectivity index (χ1v) is 3.39. The van der Waals surface area contributed by atoms with Crippen molar-refractivity contribution in [3.63, 3.8) is 0 Å². The van der Waals surface area contributed by atoms with Gasteiger partial charge in [-0.3, -0.25) is 4.79 Å². The number of carbonyl (C=O) groups is 1. The zero-order valence-electron chi connectivity index (χ0n) is 5.02. The lowest BCUT2D eigenvalue weighted by Gasteiger charge is -1.96. The van der Waals surface area contributed by atoms with E-state index in [9.17, 15) is 4.79 Å². The first-order chi connectivity index (χ1) is 3.72. The highest BCUT2D eigenvalue weighted by Gasteiger charge is 1.98. The van der Waals surface area contributed by atoms with Crippen molar-refractivity contribution in [2.45, 2.75) is 0 Å². The molecule has 0 aliphatic carbocycles. The predicted octanol–water partition coefficient (Wildman–Crippen LogP) is 0.609. The Morgan fingerprint density at radius 2 is 2.25 bits per heavy atom. The predicted molar refractivity (Wildman–Crippen MR) is 36.7 cm³/mol. The van der Waals surface area contributed by atoms with Gasteiger partial charge in [0.25, 0.3) is 5.91 Å². The van der Waals surface area contributed by atoms with E-state index in [-0.39, 0.29) is 5.91 Å². The van der Waals surface area contributed by atoms with Gasteiger partial charge in [0.15, 0.2) is 0 Å². The van der Waals surface area contributed by atoms with Gasteiger partial charge in [-0.15, -0.1) is 11.8 Å². The quantitative estimate of drug-likeness (QED) is 0.556. The summed E-state index contributed by atoms with van der Waals surface area (Å²) < 4.78 is 0. The molecule has 0 fully saturated rings. The van der Waals surface area contributed by atoms with Crippen LogP contribution in [0.3, 0.4) is 0 Å². The van der Waals surface area contributed by atoms with E-state index in [0.29, 0.717) is 4.91 Å². The maximum Gasteiger partial charge on any atom is 0.256 e. The Morgan fingerprint density at radius 3 is 2.38 bits per heavy atom. The lowest BCUT2D eigenvalue weighted by atomic mass is 10.6. The molecule has 0 rings (SSSR count). The first kappa shape index (κ1) is 7.56. The van der Waals surface area contributed by atoms with E-state index < -0.39 is 0 Å². The molecule has 0 bridgehead atoms. The van der Waals surface area contributed by atoms with Gasteiger partial charge in [-0.25, -0.2) is 0 Å². The molecule has 0 unspecified atom stereocenters. The van der Waals surface area contributed by atoms with E-state index in [1.807, 2.05) is 6.26 Å². The standard InChI is InChI=1S/C5H9NOS/c1-4(8-3)5(7)6-2/h1H2,2-3H3,(H,6,7). The summed E-state index contributed by atoms with van der Waals surface area (Å²) in [5, 5.41) is 2.46. The number of thioether (sulfide) groups is 1. The fourth-order valence-corrected chi connectivity index (χ4v) is 0.520. The molecule has 8 heavy (non-hydrogen) atoms. The third-order valence-electron chi connectivity index (χ3n) is 0.727. The summed E-state index contributed by atoms with van der Waals surface area (Å²) in [7, 11) is 1.59. The van der Waals surface area contributed by atoms with Gasteiger partial charge >= 0.3 is 0 Å². The second-order valence-electron chi connectivity index (χ2n) is 1.21. The largest absolute Gasteiger partial charge is 0.355 e. The van der Waals surface area contributed by atoms with Crippen molar-refractivity contribution >= 4 is 17.7 Å². The summed E-state index contributed by atoms with van der Waals surface area (Å²) in [5.74, 6) is -0.0995. The molecule has 1 N–H and O–H groups in total. The summed E-state index contributed by atoms with van der Waals surface area (Å²) in [6.45, 7) is 3.49. The van der Waals surface area contributed by atoms with Crippen molar-refractivity contribution in [3.8, 4) is 0 Å². The van der Waals surface area contributed by atoms with Crippen molar-refractivity contribution in [3.05, 3.63) is 11.5 Å². The van der Waals surface area contributed by atoms with E-state index in [0.717, 1.165) is 0 Å². The van der Waals surface area contributed by atoms with Crippen LogP contribution in [0.4, 0.5) is 0 Å². The average Bonchev–Trinajstić information content (AvgIpc) is 1.84. The van der Waals surface area contributed by atoms with Gasteiger partial charge < -0.3 is 5.32 Å². The van der Waals surface area contributed by atoms with Crippen LogP contribution in [0.2, 0.25) is 0 Å². The molecule has 0 aliphatic rings. The summed E-state index contributed by atoms with van der Waals surface area (Å²) in [6, 6.07) is 0. The Bertz CT molecular complexity index is 97.0. The van der Waals surface area contributed by atoms with Crippen LogP contribution in [0.15, 0.2) is 11.5 Å². The lowest BCUT2D eigenvalue weighted by Crippen LogP contribution is -2.17. The number of amides is 1. The zero-order valence-corrected chi connectivity index (χ0v) is 5.84. The minimum Gasteiger partial charge on any atom is -0.355 e. The smallest absolute Gasteiger partial charge is 0.256 e. The molecule has 3 heteroatoms. The summed E-state index contributed by atoms with van der Waals surface area (Å²) >= 11 is 1.35. The third kappa shape index (κ3) is 2.02. The number of hydrogen-bond acceptors (Lipinski definition) is 2. The molecule has 0 aromatic carbocycles. The van der Waals surface area contributed by atoms with E-state index in [1.54, 1.807) is 7.05 Å². The maximum absolute atomic E-state index is 10.5. The number of nitrogens with one attached hydrogen (secondary N) is 1. The van der Waals surface area contributed by atoms with Gasteiger partial charge in [0, 0.05) is 7.05 Å². The Hall–Kier alpha value is -0.440. The second kappa shape index (κ2) is 3.55. The highest BCUT2D eigenvalue weighted by Crippen LogP contribution is 2.06. The van der Waals surface area contributed by atoms with Crippen LogP contribution in [-0.2, 0) is 4.79 Å². The van der Waals surface area contributed by atoms with Crippen molar-refractivity contribution in [2.75, 3.05) is 13.3 Å². The number of rotatable bonds is 2. The van der Waals surface area contributed by atoms with Crippen molar-refractivity contribution < 1.29 is 4.79 Å². The van der Waals surface area contributed by atoms with Crippen molar-refractivity contribution in [1.29, 1.82) is 0 Å². The summed E-state index contributed by atoms with van der Waals surface area (Å²) in [4.78, 5) is 11.1. The third-order valence-corrected chi connectivity index (χ3v) is 1.40. The minimum atomic E-state index is -0.0995. The summed E-state index contributed by atoms with van der Waals surface area (Å²) in [6.07, 6.45) is 1.82. The molecule has 0 radical (unpaired) electrons. The van der Waals surface area contributed by atoms with Crippen LogP contribution < -0.4 is 5.32 Å². The van der Waals surface area contributed by atoms with E-state index in [4.69, 9.17) is 0 Å². The second-order valence-corrected chi connectivity index (χ2v) is 2.11. The van der Waals surface area contributed by atoms with Crippen molar-refractivity contribution in [2.24, 2.45) is 0 Å². The SMILES string of the molecule is C=C(SC)C(=O)NC. The van der Waals surface area contributed by atoms with Crippen LogP contribution in [0.25, 0.3) is 0 Å². The fraction of sp³-hybridized carbons (Fsp3) is 0.400. The molecule has 0 aromatic rings. The average molecular weight is 131 g/mol. The molecule has 0 atom stereocenters. The highest BCUT2D eigenvalue weighted by molar-refractivity contribution is 8.03. The molecule has 0 spiro atoms. The van der Waals surface area contributed by atoms with Crippen LogP contribution in [-0.4, -0.2) is 19.2 Å². The Balaban J connectivity index is 3.64. The van der Waals surface area contributed by atoms with Crippen LogP contribution in [0.5, 0.6) is 0 Å². The van der Waals surface area contributed by atoms with Gasteiger partial charge in [-0.1, -0.05) is 6.58 Å². The number of carbonyl (C=O) groups excluding carboxylic acids is 1. The van der Waals surface area contributed by atoms with E-state index in [2.05, 4.69) is 11.9 Å². The van der Waals surface area contributed by atoms with Gasteiger partial charge in [0.2, 0.25) is 0 Å². The van der Waals surface area contributed by atoms with Crippen LogP contribution in [0, 0.1) is 0 Å². The van der Waals surface area contributed by atoms with Crippen molar-refractivity contribution in [1.82, 2.24) is 5.32 Å². The molecule has 0 saturated heterocycles. The number of likely N-dealkylation sites (N-methyl/N-ethyl adjacent to an activating group) is 1. The monoisotopic (exact) mass is 131 g/mol. The first-order valence-electron chi connectivity index (χ1n) is 2.17. The molecular weight excluding hydrogens is 122 g/mol. The molecular formula is C5H9NOS. The van der Waals surface area contributed by atoms with Gasteiger partial charge in [-0.2, -0.15) is 0 Å².